The number of hydrogen-bond acceptors (Lipinski definition) is 1. The molecule has 0 aliphatic carbocycles. The Bertz CT molecular complexity index is 659. The number of Topliss-reactive ketones (excluding diaryl/α,β-unsaturated/α-hetero) is 1. The van der Waals surface area contributed by atoms with Crippen molar-refractivity contribution in [2.45, 2.75) is 46.0 Å². The van der Waals surface area contributed by atoms with Gasteiger partial charge in [-0.2, -0.15) is 0 Å². The molecule has 0 saturated carbocycles. The van der Waals surface area contributed by atoms with Gasteiger partial charge in [0.1, 0.15) is 5.78 Å². The molecule has 1 atom stereocenters. The van der Waals surface area contributed by atoms with Crippen molar-refractivity contribution < 1.29 is 4.79 Å². The van der Waals surface area contributed by atoms with Gasteiger partial charge in [0.2, 0.25) is 0 Å². The second-order valence-electron chi connectivity index (χ2n) is 7.40. The smallest absolute Gasteiger partial charge is 0.138 e. The van der Waals surface area contributed by atoms with E-state index < -0.39 is 0 Å². The summed E-state index contributed by atoms with van der Waals surface area (Å²) in [6, 6.07) is 19.1. The molecule has 0 fully saturated rings. The van der Waals surface area contributed by atoms with Crippen molar-refractivity contribution in [3.8, 4) is 11.1 Å². The van der Waals surface area contributed by atoms with Crippen LogP contribution in [0.2, 0.25) is 0 Å². The zero-order valence-electron chi connectivity index (χ0n) is 15.1. The standard InChI is InChI=1S/C23H28O/c1-5-18(12-9-13-22(24)23(2,3)4)20-14-16-21(17-15-20)19-10-7-6-8-11-19/h5-8,10-11,14-18H,1,9,12-13H2,2-4H3. The molecule has 126 valence electrons. The molecule has 1 nitrogen and oxygen atoms in total. The second kappa shape index (κ2) is 8.10. The summed E-state index contributed by atoms with van der Waals surface area (Å²) in [6.07, 6.45) is 4.53. The van der Waals surface area contributed by atoms with Crippen LogP contribution < -0.4 is 0 Å². The lowest BCUT2D eigenvalue weighted by atomic mass is 9.86. The quantitative estimate of drug-likeness (QED) is 0.539. The predicted octanol–water partition coefficient (Wildman–Crippen LogP) is 6.41. The topological polar surface area (TPSA) is 17.1 Å². The summed E-state index contributed by atoms with van der Waals surface area (Å²) in [4.78, 5) is 12.0. The lowest BCUT2D eigenvalue weighted by Gasteiger charge is -2.18. The Morgan fingerprint density at radius 1 is 1.00 bits per heavy atom. The number of rotatable bonds is 7. The van der Waals surface area contributed by atoms with Crippen LogP contribution in [0.3, 0.4) is 0 Å². The van der Waals surface area contributed by atoms with Gasteiger partial charge < -0.3 is 0 Å². The molecule has 1 unspecified atom stereocenters. The molecule has 0 heterocycles. The normalized spacial score (nSPS) is 12.6. The lowest BCUT2D eigenvalue weighted by molar-refractivity contribution is -0.126. The van der Waals surface area contributed by atoms with Crippen molar-refractivity contribution in [2.24, 2.45) is 5.41 Å². The third kappa shape index (κ3) is 4.92. The highest BCUT2D eigenvalue weighted by Crippen LogP contribution is 2.27. The van der Waals surface area contributed by atoms with Crippen molar-refractivity contribution >= 4 is 5.78 Å². The van der Waals surface area contributed by atoms with E-state index in [1.165, 1.54) is 16.7 Å². The van der Waals surface area contributed by atoms with E-state index in [1.807, 2.05) is 32.9 Å². The lowest BCUT2D eigenvalue weighted by Crippen LogP contribution is -2.19. The maximum Gasteiger partial charge on any atom is 0.138 e. The molecule has 0 bridgehead atoms. The van der Waals surface area contributed by atoms with Crippen molar-refractivity contribution in [1.82, 2.24) is 0 Å². The minimum Gasteiger partial charge on any atom is -0.299 e. The molecule has 2 rings (SSSR count). The third-order valence-electron chi connectivity index (χ3n) is 4.49. The Labute approximate surface area is 146 Å². The van der Waals surface area contributed by atoms with Crippen LogP contribution in [0.15, 0.2) is 67.3 Å². The monoisotopic (exact) mass is 320 g/mol. The summed E-state index contributed by atoms with van der Waals surface area (Å²) in [5.41, 5.74) is 3.49. The van der Waals surface area contributed by atoms with Gasteiger partial charge in [-0.3, -0.25) is 4.79 Å². The van der Waals surface area contributed by atoms with E-state index in [2.05, 4.69) is 55.1 Å². The Morgan fingerprint density at radius 3 is 2.12 bits per heavy atom. The van der Waals surface area contributed by atoms with Crippen LogP contribution >= 0.6 is 0 Å². The molecule has 1 heteroatoms. The first-order valence-electron chi connectivity index (χ1n) is 8.73. The van der Waals surface area contributed by atoms with Gasteiger partial charge in [0, 0.05) is 17.8 Å². The molecule has 2 aromatic rings. The van der Waals surface area contributed by atoms with Gasteiger partial charge in [-0.15, -0.1) is 6.58 Å². The highest BCUT2D eigenvalue weighted by molar-refractivity contribution is 5.83. The maximum absolute atomic E-state index is 12.0. The van der Waals surface area contributed by atoms with Gasteiger partial charge in [0.05, 0.1) is 0 Å². The zero-order valence-corrected chi connectivity index (χ0v) is 15.1. The molecule has 0 radical (unpaired) electrons. The van der Waals surface area contributed by atoms with Crippen LogP contribution in [-0.4, -0.2) is 5.78 Å². The molecule has 0 N–H and O–H groups in total. The Kier molecular flexibility index (Phi) is 6.14. The summed E-state index contributed by atoms with van der Waals surface area (Å²) in [5, 5.41) is 0. The number of hydrogen-bond donors (Lipinski definition) is 0. The van der Waals surface area contributed by atoms with Gasteiger partial charge in [-0.05, 0) is 29.5 Å². The van der Waals surface area contributed by atoms with Crippen molar-refractivity contribution in [3.63, 3.8) is 0 Å². The fourth-order valence-electron chi connectivity index (χ4n) is 2.83. The summed E-state index contributed by atoms with van der Waals surface area (Å²) < 4.78 is 0. The first-order chi connectivity index (χ1) is 11.4. The van der Waals surface area contributed by atoms with E-state index in [9.17, 15) is 4.79 Å². The summed E-state index contributed by atoms with van der Waals surface area (Å²) in [6.45, 7) is 9.95. The summed E-state index contributed by atoms with van der Waals surface area (Å²) >= 11 is 0. The van der Waals surface area contributed by atoms with Crippen LogP contribution in [0.4, 0.5) is 0 Å². The number of allylic oxidation sites excluding steroid dienone is 1. The molecule has 0 aromatic heterocycles. The minimum atomic E-state index is -0.235. The van der Waals surface area contributed by atoms with Gasteiger partial charge >= 0.3 is 0 Å². The summed E-state index contributed by atoms with van der Waals surface area (Å²) in [7, 11) is 0. The van der Waals surface area contributed by atoms with Crippen LogP contribution in [-0.2, 0) is 4.79 Å². The molecule has 0 aliphatic rings. The molecular weight excluding hydrogens is 292 g/mol. The minimum absolute atomic E-state index is 0.235. The van der Waals surface area contributed by atoms with Crippen LogP contribution in [0.1, 0.15) is 51.5 Å². The highest BCUT2D eigenvalue weighted by Gasteiger charge is 2.20. The van der Waals surface area contributed by atoms with Crippen molar-refractivity contribution in [3.05, 3.63) is 72.8 Å². The third-order valence-corrected chi connectivity index (χ3v) is 4.49. The zero-order chi connectivity index (χ0) is 17.6. The maximum atomic E-state index is 12.0. The fraction of sp³-hybridized carbons (Fsp3) is 0.348. The number of carbonyl (C=O) groups excluding carboxylic acids is 1. The van der Waals surface area contributed by atoms with Crippen molar-refractivity contribution in [1.29, 1.82) is 0 Å². The van der Waals surface area contributed by atoms with E-state index >= 15 is 0 Å². The molecule has 0 saturated heterocycles. The van der Waals surface area contributed by atoms with Gasteiger partial charge in [0.25, 0.3) is 0 Å². The summed E-state index contributed by atoms with van der Waals surface area (Å²) in [5.74, 6) is 0.646. The highest BCUT2D eigenvalue weighted by atomic mass is 16.1. The second-order valence-corrected chi connectivity index (χ2v) is 7.40. The van der Waals surface area contributed by atoms with E-state index in [0.717, 1.165) is 12.8 Å². The number of ketones is 1. The SMILES string of the molecule is C=CC(CCCC(=O)C(C)(C)C)c1ccc(-c2ccccc2)cc1. The first kappa shape index (κ1) is 18.2. The van der Waals surface area contributed by atoms with Gasteiger partial charge in [0.15, 0.2) is 0 Å². The Balaban J connectivity index is 1.98. The largest absolute Gasteiger partial charge is 0.299 e. The average molecular weight is 320 g/mol. The van der Waals surface area contributed by atoms with Crippen LogP contribution in [0.25, 0.3) is 11.1 Å². The molecular formula is C23H28O. The van der Waals surface area contributed by atoms with Crippen molar-refractivity contribution in [2.75, 3.05) is 0 Å². The van der Waals surface area contributed by atoms with Gasteiger partial charge in [-0.25, -0.2) is 0 Å². The molecule has 0 amide bonds. The fourth-order valence-corrected chi connectivity index (χ4v) is 2.83. The Morgan fingerprint density at radius 2 is 1.58 bits per heavy atom. The van der Waals surface area contributed by atoms with Crippen LogP contribution in [0.5, 0.6) is 0 Å². The molecule has 2 aromatic carbocycles. The Hall–Kier alpha value is -2.15. The molecule has 0 aliphatic heterocycles. The molecule has 24 heavy (non-hydrogen) atoms. The first-order valence-corrected chi connectivity index (χ1v) is 8.73. The molecule has 0 spiro atoms. The van der Waals surface area contributed by atoms with E-state index in [4.69, 9.17) is 0 Å². The average Bonchev–Trinajstić information content (AvgIpc) is 2.59. The van der Waals surface area contributed by atoms with E-state index in [0.29, 0.717) is 18.1 Å². The van der Waals surface area contributed by atoms with Crippen LogP contribution in [0, 0.1) is 5.41 Å². The number of benzene rings is 2. The predicted molar refractivity (Wildman–Crippen MR) is 103 cm³/mol. The number of carbonyl (C=O) groups is 1. The van der Waals surface area contributed by atoms with Gasteiger partial charge in [-0.1, -0.05) is 81.4 Å². The van der Waals surface area contributed by atoms with E-state index in [1.54, 1.807) is 0 Å². The van der Waals surface area contributed by atoms with E-state index in [-0.39, 0.29) is 5.41 Å².